The lowest BCUT2D eigenvalue weighted by Crippen LogP contribution is -2.45. The number of carbonyl (C=O) groups is 1. The number of sulfone groups is 1. The number of esters is 1. The Bertz CT molecular complexity index is 527. The molecule has 0 spiro atoms. The SMILES string of the molecule is COC(=O)C(CN)(CCS(C)(=O)=O)c1ccccc1. The molecule has 6 heteroatoms. The molecule has 0 aromatic heterocycles. The number of hydrogen-bond donors (Lipinski definition) is 1. The summed E-state index contributed by atoms with van der Waals surface area (Å²) in [5.41, 5.74) is 5.31. The zero-order valence-electron chi connectivity index (χ0n) is 11.1. The fourth-order valence-corrected chi connectivity index (χ4v) is 2.70. The Morgan fingerprint density at radius 1 is 1.32 bits per heavy atom. The van der Waals surface area contributed by atoms with Crippen LogP contribution in [0.15, 0.2) is 30.3 Å². The van der Waals surface area contributed by atoms with Crippen molar-refractivity contribution in [2.45, 2.75) is 11.8 Å². The van der Waals surface area contributed by atoms with E-state index in [1.807, 2.05) is 6.07 Å². The van der Waals surface area contributed by atoms with Crippen molar-refractivity contribution in [3.05, 3.63) is 35.9 Å². The zero-order valence-corrected chi connectivity index (χ0v) is 11.9. The van der Waals surface area contributed by atoms with Gasteiger partial charge in [0.15, 0.2) is 0 Å². The molecule has 0 amide bonds. The number of methoxy groups -OCH3 is 1. The van der Waals surface area contributed by atoms with Gasteiger partial charge in [0.25, 0.3) is 0 Å². The molecule has 0 radical (unpaired) electrons. The molecule has 0 bridgehead atoms. The minimum atomic E-state index is -3.18. The van der Waals surface area contributed by atoms with E-state index in [-0.39, 0.29) is 18.7 Å². The first-order chi connectivity index (χ1) is 8.85. The van der Waals surface area contributed by atoms with Crippen molar-refractivity contribution < 1.29 is 17.9 Å². The average Bonchev–Trinajstić information content (AvgIpc) is 2.39. The predicted octanol–water partition coefficient (Wildman–Crippen LogP) is 0.491. The Balaban J connectivity index is 3.20. The van der Waals surface area contributed by atoms with Crippen molar-refractivity contribution in [2.24, 2.45) is 5.73 Å². The molecule has 0 fully saturated rings. The van der Waals surface area contributed by atoms with Gasteiger partial charge in [-0.25, -0.2) is 8.42 Å². The minimum Gasteiger partial charge on any atom is -0.468 e. The molecule has 1 aromatic rings. The first-order valence-electron chi connectivity index (χ1n) is 5.87. The van der Waals surface area contributed by atoms with Crippen molar-refractivity contribution in [2.75, 3.05) is 25.7 Å². The van der Waals surface area contributed by atoms with Crippen LogP contribution in [0.4, 0.5) is 0 Å². The van der Waals surface area contributed by atoms with Crippen molar-refractivity contribution in [3.63, 3.8) is 0 Å². The number of ether oxygens (including phenoxy) is 1. The summed E-state index contributed by atoms with van der Waals surface area (Å²) in [6.45, 7) is -0.000787. The summed E-state index contributed by atoms with van der Waals surface area (Å²) >= 11 is 0. The second-order valence-electron chi connectivity index (χ2n) is 4.52. The second-order valence-corrected chi connectivity index (χ2v) is 6.78. The summed E-state index contributed by atoms with van der Waals surface area (Å²) in [6.07, 6.45) is 1.25. The third-order valence-electron chi connectivity index (χ3n) is 3.15. The normalized spacial score (nSPS) is 14.7. The number of rotatable bonds is 6. The highest BCUT2D eigenvalue weighted by molar-refractivity contribution is 7.90. The van der Waals surface area contributed by atoms with Gasteiger partial charge in [-0.2, -0.15) is 0 Å². The Hall–Kier alpha value is -1.40. The number of hydrogen-bond acceptors (Lipinski definition) is 5. The van der Waals surface area contributed by atoms with Crippen LogP contribution in [0, 0.1) is 0 Å². The van der Waals surface area contributed by atoms with Crippen molar-refractivity contribution in [1.29, 1.82) is 0 Å². The molecule has 0 saturated heterocycles. The summed E-state index contributed by atoms with van der Waals surface area (Å²) in [4.78, 5) is 12.1. The average molecular weight is 285 g/mol. The Morgan fingerprint density at radius 3 is 2.32 bits per heavy atom. The van der Waals surface area contributed by atoms with Gasteiger partial charge in [0.05, 0.1) is 12.9 Å². The van der Waals surface area contributed by atoms with E-state index in [1.54, 1.807) is 24.3 Å². The van der Waals surface area contributed by atoms with Gasteiger partial charge in [0.2, 0.25) is 0 Å². The first-order valence-corrected chi connectivity index (χ1v) is 7.93. The molecule has 1 rings (SSSR count). The van der Waals surface area contributed by atoms with Crippen LogP contribution < -0.4 is 5.73 Å². The Kier molecular flexibility index (Phi) is 5.08. The molecule has 5 nitrogen and oxygen atoms in total. The molecule has 0 saturated carbocycles. The second kappa shape index (κ2) is 6.16. The summed E-state index contributed by atoms with van der Waals surface area (Å²) in [6, 6.07) is 8.89. The molecule has 1 atom stereocenters. The number of benzene rings is 1. The first kappa shape index (κ1) is 15.7. The van der Waals surface area contributed by atoms with Crippen molar-refractivity contribution >= 4 is 15.8 Å². The van der Waals surface area contributed by atoms with Gasteiger partial charge in [0, 0.05) is 12.8 Å². The van der Waals surface area contributed by atoms with Gasteiger partial charge >= 0.3 is 5.97 Å². The van der Waals surface area contributed by atoms with E-state index in [2.05, 4.69) is 0 Å². The molecular weight excluding hydrogens is 266 g/mol. The van der Waals surface area contributed by atoms with E-state index in [4.69, 9.17) is 10.5 Å². The van der Waals surface area contributed by atoms with Crippen molar-refractivity contribution in [1.82, 2.24) is 0 Å². The van der Waals surface area contributed by atoms with Crippen LogP contribution >= 0.6 is 0 Å². The molecule has 1 unspecified atom stereocenters. The van der Waals surface area contributed by atoms with E-state index < -0.39 is 21.2 Å². The molecule has 1 aromatic carbocycles. The quantitative estimate of drug-likeness (QED) is 0.769. The van der Waals surface area contributed by atoms with E-state index >= 15 is 0 Å². The predicted molar refractivity (Wildman–Crippen MR) is 73.5 cm³/mol. The summed E-state index contributed by atoms with van der Waals surface area (Å²) in [5.74, 6) is -0.626. The van der Waals surface area contributed by atoms with Gasteiger partial charge in [-0.1, -0.05) is 30.3 Å². The molecule has 0 heterocycles. The summed E-state index contributed by atoms with van der Waals surface area (Å²) in [5, 5.41) is 0. The topological polar surface area (TPSA) is 86.5 Å². The molecule has 0 aliphatic rings. The lowest BCUT2D eigenvalue weighted by molar-refractivity contribution is -0.147. The Labute approximate surface area is 113 Å². The van der Waals surface area contributed by atoms with Crippen LogP contribution in [0.2, 0.25) is 0 Å². The highest BCUT2D eigenvalue weighted by Crippen LogP contribution is 2.29. The van der Waals surface area contributed by atoms with Gasteiger partial charge in [-0.15, -0.1) is 0 Å². The molecular formula is C13H19NO4S. The van der Waals surface area contributed by atoms with Crippen LogP contribution in [-0.2, 0) is 24.8 Å². The Morgan fingerprint density at radius 2 is 1.89 bits per heavy atom. The van der Waals surface area contributed by atoms with E-state index in [9.17, 15) is 13.2 Å². The molecule has 2 N–H and O–H groups in total. The van der Waals surface area contributed by atoms with Crippen LogP contribution in [0.5, 0.6) is 0 Å². The van der Waals surface area contributed by atoms with E-state index in [0.717, 1.165) is 6.26 Å². The molecule has 0 aliphatic carbocycles. The number of carbonyl (C=O) groups excluding carboxylic acids is 1. The van der Waals surface area contributed by atoms with E-state index in [1.165, 1.54) is 7.11 Å². The lowest BCUT2D eigenvalue weighted by atomic mass is 9.78. The van der Waals surface area contributed by atoms with Crippen molar-refractivity contribution in [3.8, 4) is 0 Å². The fourth-order valence-electron chi connectivity index (χ4n) is 1.98. The maximum Gasteiger partial charge on any atom is 0.317 e. The summed E-state index contributed by atoms with van der Waals surface area (Å²) < 4.78 is 27.5. The third kappa shape index (κ3) is 3.78. The smallest absolute Gasteiger partial charge is 0.317 e. The van der Waals surface area contributed by atoms with Crippen LogP contribution in [-0.4, -0.2) is 40.1 Å². The van der Waals surface area contributed by atoms with Gasteiger partial charge in [0.1, 0.15) is 15.3 Å². The van der Waals surface area contributed by atoms with Crippen LogP contribution in [0.1, 0.15) is 12.0 Å². The summed E-state index contributed by atoms with van der Waals surface area (Å²) in [7, 11) is -1.91. The third-order valence-corrected chi connectivity index (χ3v) is 4.10. The van der Waals surface area contributed by atoms with Gasteiger partial charge in [-0.05, 0) is 12.0 Å². The highest BCUT2D eigenvalue weighted by atomic mass is 32.2. The molecule has 19 heavy (non-hydrogen) atoms. The molecule has 0 aliphatic heterocycles. The highest BCUT2D eigenvalue weighted by Gasteiger charge is 2.40. The van der Waals surface area contributed by atoms with Gasteiger partial charge in [-0.3, -0.25) is 4.79 Å². The number of nitrogens with two attached hydrogens (primary N) is 1. The maximum atomic E-state index is 12.1. The largest absolute Gasteiger partial charge is 0.468 e. The maximum absolute atomic E-state index is 12.1. The van der Waals surface area contributed by atoms with Gasteiger partial charge < -0.3 is 10.5 Å². The monoisotopic (exact) mass is 285 g/mol. The minimum absolute atomic E-state index is 0.000787. The fraction of sp³-hybridized carbons (Fsp3) is 0.462. The lowest BCUT2D eigenvalue weighted by Gasteiger charge is -2.29. The standard InChI is InChI=1S/C13H19NO4S/c1-18-12(15)13(10-14,8-9-19(2,16)17)11-6-4-3-5-7-11/h3-7H,8-10,14H2,1-2H3. The van der Waals surface area contributed by atoms with Crippen LogP contribution in [0.25, 0.3) is 0 Å². The zero-order chi connectivity index (χ0) is 14.5. The van der Waals surface area contributed by atoms with E-state index in [0.29, 0.717) is 5.56 Å². The van der Waals surface area contributed by atoms with Crippen LogP contribution in [0.3, 0.4) is 0 Å². The molecule has 106 valence electrons.